The van der Waals surface area contributed by atoms with Crippen LogP contribution in [0.4, 0.5) is 0 Å². The van der Waals surface area contributed by atoms with E-state index in [-0.39, 0.29) is 17.6 Å². The molecule has 0 amide bonds. The van der Waals surface area contributed by atoms with Gasteiger partial charge in [0.1, 0.15) is 0 Å². The number of hydrogen-bond donors (Lipinski definition) is 1. The van der Waals surface area contributed by atoms with Gasteiger partial charge in [-0.3, -0.25) is 0 Å². The van der Waals surface area contributed by atoms with Gasteiger partial charge in [-0.1, -0.05) is 61.8 Å². The standard InChI is InChI=1S/C15H24BrNO/c1-5-13(17)14(15(2,3)4)18-10-11-8-6-7-9-12(11)16/h6-9,13-14H,5,10,17H2,1-4H3. The lowest BCUT2D eigenvalue weighted by molar-refractivity contribution is -0.0441. The van der Waals surface area contributed by atoms with E-state index in [1.807, 2.05) is 18.2 Å². The van der Waals surface area contributed by atoms with Crippen LogP contribution < -0.4 is 5.73 Å². The maximum absolute atomic E-state index is 6.17. The zero-order valence-corrected chi connectivity index (χ0v) is 13.3. The van der Waals surface area contributed by atoms with Gasteiger partial charge < -0.3 is 10.5 Å². The van der Waals surface area contributed by atoms with Crippen LogP contribution in [0.15, 0.2) is 28.7 Å². The summed E-state index contributed by atoms with van der Waals surface area (Å²) < 4.78 is 7.16. The molecule has 1 aromatic rings. The Labute approximate surface area is 119 Å². The fraction of sp³-hybridized carbons (Fsp3) is 0.600. The molecule has 3 heteroatoms. The first-order valence-electron chi connectivity index (χ1n) is 6.46. The third-order valence-corrected chi connectivity index (χ3v) is 3.86. The van der Waals surface area contributed by atoms with Crippen molar-refractivity contribution in [3.63, 3.8) is 0 Å². The summed E-state index contributed by atoms with van der Waals surface area (Å²) in [5.74, 6) is 0. The highest BCUT2D eigenvalue weighted by atomic mass is 79.9. The fourth-order valence-electron chi connectivity index (χ4n) is 2.02. The molecule has 0 aliphatic carbocycles. The molecular formula is C15H24BrNO. The third-order valence-electron chi connectivity index (χ3n) is 3.09. The molecule has 2 N–H and O–H groups in total. The van der Waals surface area contributed by atoms with Crippen LogP contribution in [0, 0.1) is 5.41 Å². The molecule has 0 bridgehead atoms. The minimum absolute atomic E-state index is 0.0523. The molecule has 1 aromatic carbocycles. The molecule has 2 atom stereocenters. The Bertz CT molecular complexity index is 373. The van der Waals surface area contributed by atoms with Gasteiger partial charge in [0.05, 0.1) is 12.7 Å². The van der Waals surface area contributed by atoms with Crippen LogP contribution >= 0.6 is 15.9 Å². The summed E-state index contributed by atoms with van der Waals surface area (Å²) in [6, 6.07) is 8.21. The van der Waals surface area contributed by atoms with E-state index < -0.39 is 0 Å². The molecule has 18 heavy (non-hydrogen) atoms. The first-order valence-corrected chi connectivity index (χ1v) is 7.26. The maximum Gasteiger partial charge on any atom is 0.0778 e. The molecule has 0 aromatic heterocycles. The van der Waals surface area contributed by atoms with Crippen LogP contribution in [-0.2, 0) is 11.3 Å². The molecule has 2 nitrogen and oxygen atoms in total. The lowest BCUT2D eigenvalue weighted by atomic mass is 9.84. The molecule has 0 aliphatic rings. The predicted octanol–water partition coefficient (Wildman–Crippen LogP) is 4.12. The van der Waals surface area contributed by atoms with E-state index in [0.29, 0.717) is 6.61 Å². The second kappa shape index (κ2) is 6.69. The highest BCUT2D eigenvalue weighted by Crippen LogP contribution is 2.27. The van der Waals surface area contributed by atoms with Gasteiger partial charge in [-0.25, -0.2) is 0 Å². The quantitative estimate of drug-likeness (QED) is 0.887. The van der Waals surface area contributed by atoms with Gasteiger partial charge in [-0.15, -0.1) is 0 Å². The van der Waals surface area contributed by atoms with Gasteiger partial charge in [0.15, 0.2) is 0 Å². The second-order valence-corrected chi connectivity index (χ2v) is 6.62. The van der Waals surface area contributed by atoms with E-state index in [1.54, 1.807) is 0 Å². The largest absolute Gasteiger partial charge is 0.371 e. The molecular weight excluding hydrogens is 290 g/mol. The molecule has 0 saturated heterocycles. The number of hydrogen-bond acceptors (Lipinski definition) is 2. The number of halogens is 1. The Hall–Kier alpha value is -0.380. The predicted molar refractivity (Wildman–Crippen MR) is 80.4 cm³/mol. The SMILES string of the molecule is CCC(N)C(OCc1ccccc1Br)C(C)(C)C. The van der Waals surface area contributed by atoms with Gasteiger partial charge >= 0.3 is 0 Å². The van der Waals surface area contributed by atoms with Crippen molar-refractivity contribution in [1.82, 2.24) is 0 Å². The monoisotopic (exact) mass is 313 g/mol. The smallest absolute Gasteiger partial charge is 0.0778 e. The Kier molecular flexibility index (Phi) is 5.83. The minimum atomic E-state index is 0.0523. The van der Waals surface area contributed by atoms with E-state index in [0.717, 1.165) is 16.5 Å². The van der Waals surface area contributed by atoms with Crippen molar-refractivity contribution in [3.8, 4) is 0 Å². The molecule has 0 saturated carbocycles. The topological polar surface area (TPSA) is 35.2 Å². The van der Waals surface area contributed by atoms with Crippen molar-refractivity contribution in [2.45, 2.75) is 52.9 Å². The second-order valence-electron chi connectivity index (χ2n) is 5.76. The van der Waals surface area contributed by atoms with Crippen molar-refractivity contribution in [2.75, 3.05) is 0 Å². The Morgan fingerprint density at radius 3 is 2.39 bits per heavy atom. The number of rotatable bonds is 5. The van der Waals surface area contributed by atoms with Crippen molar-refractivity contribution < 1.29 is 4.74 Å². The maximum atomic E-state index is 6.17. The van der Waals surface area contributed by atoms with E-state index >= 15 is 0 Å². The van der Waals surface area contributed by atoms with Gasteiger partial charge in [-0.2, -0.15) is 0 Å². The zero-order valence-electron chi connectivity index (χ0n) is 11.7. The molecule has 0 fully saturated rings. The molecule has 2 unspecified atom stereocenters. The first-order chi connectivity index (χ1) is 8.36. The fourth-order valence-corrected chi connectivity index (χ4v) is 2.42. The number of ether oxygens (including phenoxy) is 1. The first kappa shape index (κ1) is 15.7. The molecule has 0 aliphatic heterocycles. The van der Waals surface area contributed by atoms with Gasteiger partial charge in [-0.05, 0) is 23.5 Å². The molecule has 0 heterocycles. The van der Waals surface area contributed by atoms with Gasteiger partial charge in [0, 0.05) is 10.5 Å². The van der Waals surface area contributed by atoms with Crippen LogP contribution in [0.2, 0.25) is 0 Å². The summed E-state index contributed by atoms with van der Waals surface area (Å²) in [6.07, 6.45) is 0.993. The van der Waals surface area contributed by atoms with Crippen molar-refractivity contribution in [2.24, 2.45) is 11.1 Å². The van der Waals surface area contributed by atoms with Crippen LogP contribution in [0.3, 0.4) is 0 Å². The summed E-state index contributed by atoms with van der Waals surface area (Å²) in [4.78, 5) is 0. The molecule has 102 valence electrons. The molecule has 0 radical (unpaired) electrons. The van der Waals surface area contributed by atoms with E-state index in [9.17, 15) is 0 Å². The van der Waals surface area contributed by atoms with Gasteiger partial charge in [0.25, 0.3) is 0 Å². The average molecular weight is 314 g/mol. The Balaban J connectivity index is 2.72. The summed E-state index contributed by atoms with van der Waals surface area (Å²) in [7, 11) is 0. The number of nitrogens with two attached hydrogens (primary N) is 1. The summed E-state index contributed by atoms with van der Waals surface area (Å²) in [5, 5.41) is 0. The van der Waals surface area contributed by atoms with Crippen LogP contribution in [-0.4, -0.2) is 12.1 Å². The molecule has 1 rings (SSSR count). The van der Waals surface area contributed by atoms with E-state index in [4.69, 9.17) is 10.5 Å². The third kappa shape index (κ3) is 4.38. The minimum Gasteiger partial charge on any atom is -0.371 e. The highest BCUT2D eigenvalue weighted by Gasteiger charge is 2.30. The van der Waals surface area contributed by atoms with Crippen LogP contribution in [0.5, 0.6) is 0 Å². The van der Waals surface area contributed by atoms with Crippen LogP contribution in [0.25, 0.3) is 0 Å². The average Bonchev–Trinajstić information content (AvgIpc) is 2.29. The normalized spacial score (nSPS) is 15.4. The molecule has 0 spiro atoms. The Morgan fingerprint density at radius 1 is 1.28 bits per heavy atom. The van der Waals surface area contributed by atoms with Crippen molar-refractivity contribution in [3.05, 3.63) is 34.3 Å². The summed E-state index contributed by atoms with van der Waals surface area (Å²) >= 11 is 3.54. The lowest BCUT2D eigenvalue weighted by Gasteiger charge is -2.35. The van der Waals surface area contributed by atoms with Crippen molar-refractivity contribution in [1.29, 1.82) is 0 Å². The van der Waals surface area contributed by atoms with Crippen molar-refractivity contribution >= 4 is 15.9 Å². The van der Waals surface area contributed by atoms with E-state index in [2.05, 4.69) is 49.7 Å². The van der Waals surface area contributed by atoms with E-state index in [1.165, 1.54) is 0 Å². The number of benzene rings is 1. The summed E-state index contributed by atoms with van der Waals surface area (Å²) in [5.41, 5.74) is 7.38. The summed E-state index contributed by atoms with van der Waals surface area (Å²) in [6.45, 7) is 9.22. The highest BCUT2D eigenvalue weighted by molar-refractivity contribution is 9.10. The zero-order chi connectivity index (χ0) is 13.8. The lowest BCUT2D eigenvalue weighted by Crippen LogP contribution is -2.44. The van der Waals surface area contributed by atoms with Gasteiger partial charge in [0.2, 0.25) is 0 Å². The Morgan fingerprint density at radius 2 is 1.89 bits per heavy atom. The van der Waals surface area contributed by atoms with Crippen LogP contribution in [0.1, 0.15) is 39.7 Å².